The molecule has 2 bridgehead atoms. The summed E-state index contributed by atoms with van der Waals surface area (Å²) in [6.07, 6.45) is 8.03. The predicted molar refractivity (Wildman–Crippen MR) is 222 cm³/mol. The Morgan fingerprint density at radius 1 is 0.574 bits per heavy atom. The second-order valence-corrected chi connectivity index (χ2v) is 19.2. The Bertz CT molecular complexity index is 2540. The summed E-state index contributed by atoms with van der Waals surface area (Å²) in [6, 6.07) is 48.2. The van der Waals surface area contributed by atoms with Gasteiger partial charge in [0.15, 0.2) is 5.75 Å². The Morgan fingerprint density at radius 3 is 2.09 bits per heavy atom. The van der Waals surface area contributed by atoms with E-state index >= 15 is 0 Å². The number of benzene rings is 6. The van der Waals surface area contributed by atoms with Crippen molar-refractivity contribution >= 4 is 27.8 Å². The smallest absolute Gasteiger partial charge is 0.155 e. The number of hydrogen-bond donors (Lipinski definition) is 0. The maximum atomic E-state index is 7.28. The van der Waals surface area contributed by atoms with Gasteiger partial charge in [-0.3, -0.25) is 0 Å². The Labute approximate surface area is 320 Å². The van der Waals surface area contributed by atoms with E-state index in [1.807, 2.05) is 0 Å². The van der Waals surface area contributed by atoms with Gasteiger partial charge in [-0.2, -0.15) is 0 Å². The molecule has 2 heteroatoms. The van der Waals surface area contributed by atoms with Crippen LogP contribution in [0.4, 0.5) is 17.1 Å². The van der Waals surface area contributed by atoms with Gasteiger partial charge in [-0.15, -0.1) is 0 Å². The first-order chi connectivity index (χ1) is 26.2. The second kappa shape index (κ2) is 10.5. The topological polar surface area (TPSA) is 12.5 Å². The molecule has 6 atom stereocenters. The van der Waals surface area contributed by atoms with E-state index in [9.17, 15) is 0 Å². The molecule has 0 saturated heterocycles. The number of para-hydroxylation sites is 2. The fourth-order valence-electron chi connectivity index (χ4n) is 13.7. The predicted octanol–water partition coefficient (Wildman–Crippen LogP) is 13.8. The van der Waals surface area contributed by atoms with Crippen LogP contribution in [0.25, 0.3) is 21.9 Å². The molecule has 2 spiro atoms. The van der Waals surface area contributed by atoms with Crippen LogP contribution in [-0.2, 0) is 16.2 Å². The van der Waals surface area contributed by atoms with Gasteiger partial charge in [0.25, 0.3) is 0 Å². The van der Waals surface area contributed by atoms with E-state index in [2.05, 4.69) is 160 Å². The Morgan fingerprint density at radius 2 is 1.26 bits per heavy atom. The van der Waals surface area contributed by atoms with Crippen molar-refractivity contribution < 1.29 is 4.74 Å². The summed E-state index contributed by atoms with van der Waals surface area (Å²) in [5.41, 5.74) is 12.7. The average Bonchev–Trinajstić information content (AvgIpc) is 3.72. The molecule has 5 aliphatic carbocycles. The van der Waals surface area contributed by atoms with Crippen LogP contribution in [0.15, 0.2) is 127 Å². The van der Waals surface area contributed by atoms with Gasteiger partial charge in [0.2, 0.25) is 0 Å². The van der Waals surface area contributed by atoms with Gasteiger partial charge in [-0.25, -0.2) is 0 Å². The van der Waals surface area contributed by atoms with Gasteiger partial charge in [0.05, 0.1) is 11.4 Å². The third-order valence-corrected chi connectivity index (χ3v) is 16.0. The molecular formula is C52H49NO. The first kappa shape index (κ1) is 31.5. The second-order valence-electron chi connectivity index (χ2n) is 19.2. The monoisotopic (exact) mass is 703 g/mol. The first-order valence-electron chi connectivity index (χ1n) is 20.6. The number of anilines is 3. The van der Waals surface area contributed by atoms with E-state index in [0.717, 1.165) is 35.4 Å². The summed E-state index contributed by atoms with van der Waals surface area (Å²) in [5.74, 6) is 5.42. The lowest BCUT2D eigenvalue weighted by Crippen LogP contribution is -2.74. The van der Waals surface area contributed by atoms with Crippen LogP contribution in [0.5, 0.6) is 11.5 Å². The van der Waals surface area contributed by atoms with E-state index in [-0.39, 0.29) is 16.2 Å². The van der Waals surface area contributed by atoms with Crippen LogP contribution < -0.4 is 9.64 Å². The summed E-state index contributed by atoms with van der Waals surface area (Å²) in [6.45, 7) is 9.80. The molecule has 268 valence electrons. The number of ether oxygens (including phenoxy) is 1. The molecule has 6 unspecified atom stereocenters. The maximum Gasteiger partial charge on any atom is 0.155 e. The lowest BCUT2D eigenvalue weighted by atomic mass is 9.26. The molecule has 6 aromatic carbocycles. The zero-order valence-electron chi connectivity index (χ0n) is 32.0. The molecule has 4 fully saturated rings. The van der Waals surface area contributed by atoms with Crippen LogP contribution >= 0.6 is 0 Å². The summed E-state index contributed by atoms with van der Waals surface area (Å²) in [5, 5.41) is 2.55. The molecule has 0 amide bonds. The van der Waals surface area contributed by atoms with Crippen molar-refractivity contribution in [3.63, 3.8) is 0 Å². The standard InChI is InChI=1S/C52H49NO/c1-49(2)25-26-50(3,4)47-40(49)14-9-16-42(47)53(38-23-21-34(22-24-38)36-20-19-33-11-5-6-12-35(33)29-36)43-17-10-15-41-48(43)54-44-18-8-7-13-39(44)52(41)45-28-32-27-37-30-46(52)51(37,45)31-32/h5-24,29,32,37,45-46H,25-28,30-31H2,1-4H3. The molecular weight excluding hydrogens is 655 g/mol. The molecule has 2 nitrogen and oxygen atoms in total. The molecule has 6 aliphatic rings. The lowest BCUT2D eigenvalue weighted by molar-refractivity contribution is -0.235. The quantitative estimate of drug-likeness (QED) is 0.181. The van der Waals surface area contributed by atoms with Crippen molar-refractivity contribution in [1.29, 1.82) is 0 Å². The number of rotatable bonds is 4. The summed E-state index contributed by atoms with van der Waals surface area (Å²) in [4.78, 5) is 2.57. The SMILES string of the molecule is CC1(C)CCC(C)(C)c2c(N(c3ccc(-c4ccc5ccccc5c4)cc3)c3cccc4c3Oc3ccccc3C43C4CC5CC6CC3C64C5)cccc21. The van der Waals surface area contributed by atoms with Crippen molar-refractivity contribution in [2.45, 2.75) is 82.5 Å². The average molecular weight is 704 g/mol. The van der Waals surface area contributed by atoms with E-state index in [4.69, 9.17) is 4.74 Å². The van der Waals surface area contributed by atoms with E-state index in [1.165, 1.54) is 87.6 Å². The highest BCUT2D eigenvalue weighted by molar-refractivity contribution is 5.89. The summed E-state index contributed by atoms with van der Waals surface area (Å²) >= 11 is 0. The van der Waals surface area contributed by atoms with Crippen molar-refractivity contribution in [3.8, 4) is 22.6 Å². The zero-order chi connectivity index (χ0) is 36.2. The largest absolute Gasteiger partial charge is 0.455 e. The molecule has 54 heavy (non-hydrogen) atoms. The molecule has 6 aromatic rings. The molecule has 12 rings (SSSR count). The van der Waals surface area contributed by atoms with E-state index in [0.29, 0.717) is 17.3 Å². The van der Waals surface area contributed by atoms with E-state index < -0.39 is 0 Å². The first-order valence-corrected chi connectivity index (χ1v) is 20.6. The highest BCUT2D eigenvalue weighted by Gasteiger charge is 2.84. The van der Waals surface area contributed by atoms with Crippen LogP contribution in [0, 0.1) is 29.1 Å². The fraction of sp³-hybridized carbons (Fsp3) is 0.346. The Hall–Kier alpha value is -4.82. The Balaban J connectivity index is 1.07. The highest BCUT2D eigenvalue weighted by atomic mass is 16.5. The molecule has 0 aromatic heterocycles. The maximum absolute atomic E-state index is 7.28. The number of fused-ring (bicyclic) bond motifs is 9. The van der Waals surface area contributed by atoms with Crippen LogP contribution in [0.3, 0.4) is 0 Å². The molecule has 4 saturated carbocycles. The molecule has 0 N–H and O–H groups in total. The summed E-state index contributed by atoms with van der Waals surface area (Å²) in [7, 11) is 0. The van der Waals surface area contributed by atoms with Crippen molar-refractivity contribution in [2.75, 3.05) is 4.90 Å². The normalized spacial score (nSPS) is 29.6. The fourth-order valence-corrected chi connectivity index (χ4v) is 13.7. The van der Waals surface area contributed by atoms with Crippen LogP contribution in [0.2, 0.25) is 0 Å². The van der Waals surface area contributed by atoms with Gasteiger partial charge in [0.1, 0.15) is 5.75 Å². The minimum Gasteiger partial charge on any atom is -0.455 e. The van der Waals surface area contributed by atoms with Crippen molar-refractivity contribution in [3.05, 3.63) is 150 Å². The third kappa shape index (κ3) is 3.83. The summed E-state index contributed by atoms with van der Waals surface area (Å²) < 4.78 is 7.28. The Kier molecular flexibility index (Phi) is 6.12. The minimum absolute atomic E-state index is 0.0264. The third-order valence-electron chi connectivity index (χ3n) is 16.0. The van der Waals surface area contributed by atoms with Gasteiger partial charge < -0.3 is 9.64 Å². The van der Waals surface area contributed by atoms with Crippen molar-refractivity contribution in [1.82, 2.24) is 0 Å². The van der Waals surface area contributed by atoms with Crippen LogP contribution in [0.1, 0.15) is 88.5 Å². The van der Waals surface area contributed by atoms with Crippen LogP contribution in [-0.4, -0.2) is 0 Å². The van der Waals surface area contributed by atoms with Crippen molar-refractivity contribution in [2.24, 2.45) is 29.1 Å². The minimum atomic E-state index is 0.0264. The van der Waals surface area contributed by atoms with Gasteiger partial charge in [0, 0.05) is 22.2 Å². The molecule has 1 heterocycles. The van der Waals surface area contributed by atoms with Gasteiger partial charge >= 0.3 is 0 Å². The molecule has 0 radical (unpaired) electrons. The zero-order valence-corrected chi connectivity index (χ0v) is 32.0. The van der Waals surface area contributed by atoms with Gasteiger partial charge in [-0.1, -0.05) is 119 Å². The number of hydrogen-bond acceptors (Lipinski definition) is 2. The number of nitrogens with zero attached hydrogens (tertiary/aromatic N) is 1. The molecule has 1 aliphatic heterocycles. The lowest BCUT2D eigenvalue weighted by Gasteiger charge is -2.77. The highest BCUT2D eigenvalue weighted by Crippen LogP contribution is 2.89. The van der Waals surface area contributed by atoms with E-state index in [1.54, 1.807) is 0 Å². The van der Waals surface area contributed by atoms with Gasteiger partial charge in [-0.05, 0) is 148 Å².